The number of benzene rings is 1. The van der Waals surface area contributed by atoms with Gasteiger partial charge in [0.15, 0.2) is 0 Å². The van der Waals surface area contributed by atoms with E-state index in [1.165, 1.54) is 7.11 Å². The van der Waals surface area contributed by atoms with Gasteiger partial charge in [0.05, 0.1) is 18.4 Å². The van der Waals surface area contributed by atoms with E-state index in [1.807, 2.05) is 0 Å². The number of carbonyl (C=O) groups is 3. The highest BCUT2D eigenvalue weighted by molar-refractivity contribution is 6.02. The average Bonchev–Trinajstić information content (AvgIpc) is 2.54. The highest BCUT2D eigenvalue weighted by Crippen LogP contribution is 2.31. The Kier molecular flexibility index (Phi) is 5.14. The van der Waals surface area contributed by atoms with Crippen molar-refractivity contribution in [2.45, 2.75) is 25.7 Å². The molecule has 0 bridgehead atoms. The summed E-state index contributed by atoms with van der Waals surface area (Å²) in [6.07, 6.45) is 2.53. The van der Waals surface area contributed by atoms with Crippen molar-refractivity contribution in [1.82, 2.24) is 0 Å². The van der Waals surface area contributed by atoms with Crippen LogP contribution in [-0.4, -0.2) is 25.0 Å². The van der Waals surface area contributed by atoms with Gasteiger partial charge in [-0.25, -0.2) is 4.79 Å². The summed E-state index contributed by atoms with van der Waals surface area (Å²) in [4.78, 5) is 35.3. The number of aliphatic carboxylic acids is 1. The highest BCUT2D eigenvalue weighted by Gasteiger charge is 2.32. The number of ether oxygens (including phenoxy) is 1. The van der Waals surface area contributed by atoms with Crippen LogP contribution in [0.5, 0.6) is 0 Å². The number of para-hydroxylation sites is 1. The van der Waals surface area contributed by atoms with E-state index in [2.05, 4.69) is 10.1 Å². The van der Waals surface area contributed by atoms with Crippen LogP contribution in [0.3, 0.4) is 0 Å². The van der Waals surface area contributed by atoms with Crippen molar-refractivity contribution in [2.75, 3.05) is 12.4 Å². The summed E-state index contributed by atoms with van der Waals surface area (Å²) >= 11 is 0. The molecule has 0 aromatic heterocycles. The molecule has 6 nitrogen and oxygen atoms in total. The van der Waals surface area contributed by atoms with Crippen LogP contribution < -0.4 is 10.4 Å². The molecule has 0 saturated heterocycles. The average molecular weight is 304 g/mol. The number of hydrogen-bond donors (Lipinski definition) is 1. The number of amides is 1. The van der Waals surface area contributed by atoms with E-state index in [0.29, 0.717) is 18.5 Å². The molecule has 2 rings (SSSR count). The van der Waals surface area contributed by atoms with Gasteiger partial charge in [-0.3, -0.25) is 4.79 Å². The van der Waals surface area contributed by atoms with Crippen LogP contribution in [0.1, 0.15) is 36.0 Å². The Morgan fingerprint density at radius 3 is 2.41 bits per heavy atom. The van der Waals surface area contributed by atoms with Crippen molar-refractivity contribution >= 4 is 23.5 Å². The molecular weight excluding hydrogens is 286 g/mol. The summed E-state index contributed by atoms with van der Waals surface area (Å²) in [5.74, 6) is -3.56. The number of methoxy groups -OCH3 is 1. The second-order valence-corrected chi connectivity index (χ2v) is 5.34. The topological polar surface area (TPSA) is 95.5 Å². The van der Waals surface area contributed by atoms with Gasteiger partial charge in [0.2, 0.25) is 5.91 Å². The Morgan fingerprint density at radius 1 is 1.14 bits per heavy atom. The molecule has 1 saturated carbocycles. The monoisotopic (exact) mass is 304 g/mol. The molecule has 0 heterocycles. The summed E-state index contributed by atoms with van der Waals surface area (Å²) in [6.45, 7) is 0. The smallest absolute Gasteiger partial charge is 0.339 e. The Bertz CT molecular complexity index is 584. The molecule has 0 unspecified atom stereocenters. The standard InChI is InChI=1S/C16H19NO5/c1-22-16(21)12-8-4-5-9-13(12)17-14(18)10-6-2-3-7-11(10)15(19)20/h4-5,8-11H,2-3,6-7H2,1H3,(H,17,18)(H,19,20)/p-1/t10-,11-/m0/s1. The third kappa shape index (κ3) is 3.44. The second kappa shape index (κ2) is 7.06. The quantitative estimate of drug-likeness (QED) is 0.836. The lowest BCUT2D eigenvalue weighted by molar-refractivity contribution is -0.313. The fourth-order valence-corrected chi connectivity index (χ4v) is 2.83. The summed E-state index contributed by atoms with van der Waals surface area (Å²) in [6, 6.07) is 6.46. The number of esters is 1. The molecule has 1 aliphatic carbocycles. The summed E-state index contributed by atoms with van der Waals surface area (Å²) in [5, 5.41) is 13.8. The van der Waals surface area contributed by atoms with Crippen LogP contribution in [0, 0.1) is 11.8 Å². The van der Waals surface area contributed by atoms with Crippen LogP contribution in [0.25, 0.3) is 0 Å². The van der Waals surface area contributed by atoms with Gasteiger partial charge in [-0.15, -0.1) is 0 Å². The molecule has 6 heteroatoms. The Balaban J connectivity index is 2.18. The van der Waals surface area contributed by atoms with Gasteiger partial charge in [0.1, 0.15) is 0 Å². The third-order valence-electron chi connectivity index (χ3n) is 4.00. The van der Waals surface area contributed by atoms with Gasteiger partial charge in [0.25, 0.3) is 0 Å². The molecule has 0 radical (unpaired) electrons. The fourth-order valence-electron chi connectivity index (χ4n) is 2.83. The normalized spacial score (nSPS) is 21.0. The molecule has 1 aromatic carbocycles. The van der Waals surface area contributed by atoms with Gasteiger partial charge in [-0.1, -0.05) is 25.0 Å². The maximum Gasteiger partial charge on any atom is 0.339 e. The molecule has 22 heavy (non-hydrogen) atoms. The molecule has 0 aliphatic heterocycles. The summed E-state index contributed by atoms with van der Waals surface area (Å²) in [7, 11) is 1.26. The van der Waals surface area contributed by atoms with Crippen LogP contribution in [0.2, 0.25) is 0 Å². The minimum atomic E-state index is -1.19. The van der Waals surface area contributed by atoms with E-state index >= 15 is 0 Å². The van der Waals surface area contributed by atoms with Crippen LogP contribution >= 0.6 is 0 Å². The van der Waals surface area contributed by atoms with Crippen molar-refractivity contribution in [3.63, 3.8) is 0 Å². The maximum absolute atomic E-state index is 12.4. The number of nitrogens with one attached hydrogen (secondary N) is 1. The molecule has 1 aliphatic rings. The van der Waals surface area contributed by atoms with Gasteiger partial charge in [0, 0.05) is 17.8 Å². The molecule has 1 fully saturated rings. The predicted octanol–water partition coefficient (Wildman–Crippen LogP) is 0.968. The Hall–Kier alpha value is -2.37. The predicted molar refractivity (Wildman–Crippen MR) is 76.9 cm³/mol. The van der Waals surface area contributed by atoms with Crippen LogP contribution in [-0.2, 0) is 14.3 Å². The van der Waals surface area contributed by atoms with E-state index in [9.17, 15) is 19.5 Å². The number of carboxylic acids is 1. The van der Waals surface area contributed by atoms with Gasteiger partial charge in [-0.05, 0) is 25.0 Å². The molecular formula is C16H18NO5-. The Labute approximate surface area is 128 Å². The number of rotatable bonds is 4. The lowest BCUT2D eigenvalue weighted by atomic mass is 9.78. The van der Waals surface area contributed by atoms with Gasteiger partial charge < -0.3 is 20.0 Å². The first kappa shape index (κ1) is 16.0. The van der Waals surface area contributed by atoms with Crippen molar-refractivity contribution in [3.05, 3.63) is 29.8 Å². The van der Waals surface area contributed by atoms with E-state index in [4.69, 9.17) is 0 Å². The summed E-state index contributed by atoms with van der Waals surface area (Å²) in [5.41, 5.74) is 0.557. The van der Waals surface area contributed by atoms with Crippen molar-refractivity contribution in [3.8, 4) is 0 Å². The number of carbonyl (C=O) groups excluding carboxylic acids is 3. The number of hydrogen-bond acceptors (Lipinski definition) is 5. The summed E-state index contributed by atoms with van der Waals surface area (Å²) < 4.78 is 4.67. The number of anilines is 1. The van der Waals surface area contributed by atoms with Crippen molar-refractivity contribution in [1.29, 1.82) is 0 Å². The lowest BCUT2D eigenvalue weighted by Gasteiger charge is -2.31. The highest BCUT2D eigenvalue weighted by atomic mass is 16.5. The Morgan fingerprint density at radius 2 is 1.77 bits per heavy atom. The SMILES string of the molecule is COC(=O)c1ccccc1NC(=O)[C@H]1CCCC[C@@H]1C(=O)[O-]. The fraction of sp³-hybridized carbons (Fsp3) is 0.438. The molecule has 1 amide bonds. The molecule has 0 spiro atoms. The minimum absolute atomic E-state index is 0.235. The largest absolute Gasteiger partial charge is 0.550 e. The zero-order chi connectivity index (χ0) is 16.1. The molecule has 1 aromatic rings. The van der Waals surface area contributed by atoms with E-state index < -0.39 is 29.7 Å². The van der Waals surface area contributed by atoms with E-state index in [1.54, 1.807) is 24.3 Å². The zero-order valence-electron chi connectivity index (χ0n) is 12.3. The molecule has 2 atom stereocenters. The molecule has 1 N–H and O–H groups in total. The van der Waals surface area contributed by atoms with Gasteiger partial charge >= 0.3 is 5.97 Å². The molecule has 118 valence electrons. The van der Waals surface area contributed by atoms with Crippen molar-refractivity contribution in [2.24, 2.45) is 11.8 Å². The van der Waals surface area contributed by atoms with E-state index in [0.717, 1.165) is 12.8 Å². The van der Waals surface area contributed by atoms with E-state index in [-0.39, 0.29) is 5.56 Å². The minimum Gasteiger partial charge on any atom is -0.550 e. The van der Waals surface area contributed by atoms with Crippen molar-refractivity contribution < 1.29 is 24.2 Å². The van der Waals surface area contributed by atoms with Crippen LogP contribution in [0.15, 0.2) is 24.3 Å². The first-order valence-electron chi connectivity index (χ1n) is 7.23. The zero-order valence-corrected chi connectivity index (χ0v) is 12.3. The third-order valence-corrected chi connectivity index (χ3v) is 4.00. The first-order chi connectivity index (χ1) is 10.5. The van der Waals surface area contributed by atoms with Crippen LogP contribution in [0.4, 0.5) is 5.69 Å². The maximum atomic E-state index is 12.4. The second-order valence-electron chi connectivity index (χ2n) is 5.34. The first-order valence-corrected chi connectivity index (χ1v) is 7.23. The lowest BCUT2D eigenvalue weighted by Crippen LogP contribution is -2.42. The van der Waals surface area contributed by atoms with Gasteiger partial charge in [-0.2, -0.15) is 0 Å². The number of carboxylic acid groups (broad SMARTS) is 1.